The van der Waals surface area contributed by atoms with Crippen molar-refractivity contribution in [2.24, 2.45) is 0 Å². The number of nitriles is 1. The van der Waals surface area contributed by atoms with E-state index in [2.05, 4.69) is 20.5 Å². The number of carbonyl (C=O) groups excluding carboxylic acids is 1. The average Bonchev–Trinajstić information content (AvgIpc) is 3.32. The van der Waals surface area contributed by atoms with Gasteiger partial charge in [-0.1, -0.05) is 18.2 Å². The van der Waals surface area contributed by atoms with Crippen LogP contribution in [0.2, 0.25) is 0 Å². The standard InChI is InChI=1S/C20H14FN5O2S/c21-14-3-1-2-12(8-14)13-4-5-15-16(9-13)29-20(24-15)11-19-26-25-18(28-19)10-17(27)23-7-6-22/h1-5,8-9H,7,10-11H2,(H,23,27). The average molecular weight is 407 g/mol. The topological polar surface area (TPSA) is 105 Å². The summed E-state index contributed by atoms with van der Waals surface area (Å²) in [6.45, 7) is -0.0663. The van der Waals surface area contributed by atoms with Crippen LogP contribution in [0.25, 0.3) is 21.3 Å². The number of fused-ring (bicyclic) bond motifs is 1. The van der Waals surface area contributed by atoms with Crippen molar-refractivity contribution in [3.8, 4) is 17.2 Å². The van der Waals surface area contributed by atoms with E-state index in [-0.39, 0.29) is 30.6 Å². The molecule has 9 heteroatoms. The van der Waals surface area contributed by atoms with Crippen LogP contribution >= 0.6 is 11.3 Å². The van der Waals surface area contributed by atoms with Crippen molar-refractivity contribution in [3.05, 3.63) is 65.1 Å². The summed E-state index contributed by atoms with van der Waals surface area (Å²) in [6.07, 6.45) is 0.271. The molecule has 1 N–H and O–H groups in total. The monoisotopic (exact) mass is 407 g/mol. The Bertz CT molecular complexity index is 1230. The number of rotatable bonds is 6. The Labute approximate surface area is 168 Å². The van der Waals surface area contributed by atoms with Gasteiger partial charge in [0.2, 0.25) is 17.7 Å². The maximum atomic E-state index is 13.5. The van der Waals surface area contributed by atoms with Crippen LogP contribution in [0.1, 0.15) is 16.8 Å². The predicted octanol–water partition coefficient (Wildman–Crippen LogP) is 3.26. The van der Waals surface area contributed by atoms with E-state index < -0.39 is 0 Å². The summed E-state index contributed by atoms with van der Waals surface area (Å²) in [7, 11) is 0. The molecule has 0 fully saturated rings. The second-order valence-corrected chi connectivity index (χ2v) is 7.29. The van der Waals surface area contributed by atoms with E-state index >= 15 is 0 Å². The quantitative estimate of drug-likeness (QED) is 0.492. The SMILES string of the molecule is N#CCNC(=O)Cc1nnc(Cc2nc3ccc(-c4cccc(F)c4)cc3s2)o1. The Hall–Kier alpha value is -3.64. The van der Waals surface area contributed by atoms with Crippen molar-refractivity contribution >= 4 is 27.5 Å². The van der Waals surface area contributed by atoms with Crippen molar-refractivity contribution in [2.45, 2.75) is 12.8 Å². The number of nitrogens with zero attached hydrogens (tertiary/aromatic N) is 4. The third-order valence-electron chi connectivity index (χ3n) is 4.08. The largest absolute Gasteiger partial charge is 0.424 e. The summed E-state index contributed by atoms with van der Waals surface area (Å²) in [5, 5.41) is 19.5. The molecular formula is C20H14FN5O2S. The number of hydrogen-bond acceptors (Lipinski definition) is 7. The van der Waals surface area contributed by atoms with Crippen molar-refractivity contribution in [1.29, 1.82) is 5.26 Å². The third-order valence-corrected chi connectivity index (χ3v) is 5.10. The molecule has 0 aliphatic carbocycles. The van der Waals surface area contributed by atoms with Gasteiger partial charge in [-0.3, -0.25) is 4.79 Å². The number of hydrogen-bond donors (Lipinski definition) is 1. The Kier molecular flexibility index (Phi) is 5.27. The van der Waals surface area contributed by atoms with Crippen molar-refractivity contribution < 1.29 is 13.6 Å². The summed E-state index contributed by atoms with van der Waals surface area (Å²) in [6, 6.07) is 14.1. The molecule has 2 heterocycles. The Morgan fingerprint density at radius 1 is 1.17 bits per heavy atom. The fourth-order valence-corrected chi connectivity index (χ4v) is 3.79. The van der Waals surface area contributed by atoms with Crippen LogP contribution in [0.3, 0.4) is 0 Å². The molecule has 0 saturated carbocycles. The number of amides is 1. The molecule has 144 valence electrons. The van der Waals surface area contributed by atoms with Gasteiger partial charge < -0.3 is 9.73 Å². The molecule has 2 aromatic heterocycles. The number of nitrogens with one attached hydrogen (secondary N) is 1. The highest BCUT2D eigenvalue weighted by atomic mass is 32.1. The van der Waals surface area contributed by atoms with Crippen LogP contribution in [0.15, 0.2) is 46.9 Å². The molecule has 0 spiro atoms. The Balaban J connectivity index is 1.49. The first kappa shape index (κ1) is 18.7. The lowest BCUT2D eigenvalue weighted by atomic mass is 10.1. The first-order chi connectivity index (χ1) is 14.1. The van der Waals surface area contributed by atoms with E-state index in [9.17, 15) is 9.18 Å². The lowest BCUT2D eigenvalue weighted by Gasteiger charge is -2.01. The molecular weight excluding hydrogens is 393 g/mol. The molecule has 1 amide bonds. The van der Waals surface area contributed by atoms with Gasteiger partial charge >= 0.3 is 0 Å². The van der Waals surface area contributed by atoms with Crippen LogP contribution in [0.5, 0.6) is 0 Å². The second kappa shape index (κ2) is 8.16. The molecule has 0 saturated heterocycles. The number of carbonyl (C=O) groups is 1. The highest BCUT2D eigenvalue weighted by Gasteiger charge is 2.14. The molecule has 4 rings (SSSR count). The maximum Gasteiger partial charge on any atom is 0.230 e. The Morgan fingerprint density at radius 3 is 2.83 bits per heavy atom. The first-order valence-electron chi connectivity index (χ1n) is 8.71. The van der Waals surface area contributed by atoms with Crippen LogP contribution < -0.4 is 5.32 Å². The second-order valence-electron chi connectivity index (χ2n) is 6.18. The van der Waals surface area contributed by atoms with Gasteiger partial charge in [-0.05, 0) is 35.4 Å². The smallest absolute Gasteiger partial charge is 0.230 e. The molecule has 0 unspecified atom stereocenters. The van der Waals surface area contributed by atoms with E-state index in [0.717, 1.165) is 26.4 Å². The van der Waals surface area contributed by atoms with Gasteiger partial charge in [0.1, 0.15) is 23.8 Å². The normalized spacial score (nSPS) is 10.8. The fraction of sp³-hybridized carbons (Fsp3) is 0.150. The van der Waals surface area contributed by atoms with E-state index in [1.54, 1.807) is 6.07 Å². The molecule has 4 aromatic rings. The molecule has 2 aromatic carbocycles. The van der Waals surface area contributed by atoms with Gasteiger partial charge in [-0.25, -0.2) is 9.37 Å². The zero-order valence-corrected chi connectivity index (χ0v) is 15.9. The summed E-state index contributed by atoms with van der Waals surface area (Å²) in [5.74, 6) is -0.0878. The van der Waals surface area contributed by atoms with Crippen LogP contribution in [0, 0.1) is 17.1 Å². The highest BCUT2D eigenvalue weighted by Crippen LogP contribution is 2.29. The number of thiazole rings is 1. The summed E-state index contributed by atoms with van der Waals surface area (Å²) >= 11 is 1.49. The minimum atomic E-state index is -0.355. The zero-order valence-electron chi connectivity index (χ0n) is 15.1. The first-order valence-corrected chi connectivity index (χ1v) is 9.52. The minimum absolute atomic E-state index is 0.0663. The number of benzene rings is 2. The van der Waals surface area contributed by atoms with Crippen molar-refractivity contribution in [2.75, 3.05) is 6.54 Å². The summed E-state index contributed by atoms with van der Waals surface area (Å²) in [5.41, 5.74) is 2.55. The molecule has 0 bridgehead atoms. The van der Waals surface area contributed by atoms with Crippen molar-refractivity contribution in [1.82, 2.24) is 20.5 Å². The van der Waals surface area contributed by atoms with E-state index in [1.165, 1.54) is 23.5 Å². The summed E-state index contributed by atoms with van der Waals surface area (Å²) < 4.78 is 20.0. The molecule has 29 heavy (non-hydrogen) atoms. The highest BCUT2D eigenvalue weighted by molar-refractivity contribution is 7.18. The van der Waals surface area contributed by atoms with Gasteiger partial charge in [0.15, 0.2) is 0 Å². The third kappa shape index (κ3) is 4.44. The molecule has 0 atom stereocenters. The van der Waals surface area contributed by atoms with Gasteiger partial charge in [0, 0.05) is 0 Å². The van der Waals surface area contributed by atoms with Crippen LogP contribution in [-0.4, -0.2) is 27.6 Å². The van der Waals surface area contributed by atoms with Crippen LogP contribution in [0.4, 0.5) is 4.39 Å². The molecule has 0 radical (unpaired) electrons. The van der Waals surface area contributed by atoms with Crippen LogP contribution in [-0.2, 0) is 17.6 Å². The lowest BCUT2D eigenvalue weighted by molar-refractivity contribution is -0.120. The predicted molar refractivity (Wildman–Crippen MR) is 104 cm³/mol. The van der Waals surface area contributed by atoms with E-state index in [4.69, 9.17) is 9.68 Å². The number of aromatic nitrogens is 3. The minimum Gasteiger partial charge on any atom is -0.424 e. The summed E-state index contributed by atoms with van der Waals surface area (Å²) in [4.78, 5) is 16.2. The van der Waals surface area contributed by atoms with Gasteiger partial charge in [0.05, 0.1) is 22.7 Å². The zero-order chi connectivity index (χ0) is 20.2. The van der Waals surface area contributed by atoms with Crippen molar-refractivity contribution in [3.63, 3.8) is 0 Å². The van der Waals surface area contributed by atoms with Gasteiger partial charge in [-0.2, -0.15) is 5.26 Å². The van der Waals surface area contributed by atoms with E-state index in [1.807, 2.05) is 30.3 Å². The van der Waals surface area contributed by atoms with E-state index in [0.29, 0.717) is 12.3 Å². The maximum absolute atomic E-state index is 13.5. The van der Waals surface area contributed by atoms with Gasteiger partial charge in [0.25, 0.3) is 0 Å². The Morgan fingerprint density at radius 2 is 2.00 bits per heavy atom. The number of halogens is 1. The molecule has 7 nitrogen and oxygen atoms in total. The molecule has 0 aliphatic rings. The fourth-order valence-electron chi connectivity index (χ4n) is 2.79. The lowest BCUT2D eigenvalue weighted by Crippen LogP contribution is -2.25. The molecule has 0 aliphatic heterocycles. The van der Waals surface area contributed by atoms with Gasteiger partial charge in [-0.15, -0.1) is 21.5 Å².